The highest BCUT2D eigenvalue weighted by Gasteiger charge is 2.14. The highest BCUT2D eigenvalue weighted by atomic mass is 32.2. The van der Waals surface area contributed by atoms with Crippen molar-refractivity contribution in [3.8, 4) is 0 Å². The summed E-state index contributed by atoms with van der Waals surface area (Å²) in [6.07, 6.45) is 0.667. The van der Waals surface area contributed by atoms with Crippen molar-refractivity contribution in [1.29, 1.82) is 0 Å². The molecule has 0 saturated carbocycles. The van der Waals surface area contributed by atoms with Crippen LogP contribution in [0.15, 0.2) is 58.5 Å². The Kier molecular flexibility index (Phi) is 8.41. The van der Waals surface area contributed by atoms with E-state index in [1.807, 2.05) is 19.1 Å². The van der Waals surface area contributed by atoms with Gasteiger partial charge in [0.25, 0.3) is 5.56 Å². The maximum Gasteiger partial charge on any atom is 0.337 e. The van der Waals surface area contributed by atoms with Gasteiger partial charge in [-0.3, -0.25) is 14.2 Å². The molecule has 1 amide bonds. The van der Waals surface area contributed by atoms with Gasteiger partial charge < -0.3 is 14.8 Å². The molecule has 0 radical (unpaired) electrons. The molecule has 1 N–H and O–H groups in total. The standard InChI is InChI=1S/C23H25N3O5S/c1-3-31-14-6-13-26-21(28)18-7-4-5-8-19(18)25-23(26)32-15-20(27)24-17-11-9-16(10-12-17)22(29)30-2/h4-5,7-12H,3,6,13-15H2,1-2H3,(H,24,27). The second kappa shape index (κ2) is 11.4. The van der Waals surface area contributed by atoms with Gasteiger partial charge in [0.05, 0.1) is 29.3 Å². The fourth-order valence-electron chi connectivity index (χ4n) is 3.06. The number of para-hydroxylation sites is 1. The Morgan fingerprint density at radius 2 is 1.88 bits per heavy atom. The summed E-state index contributed by atoms with van der Waals surface area (Å²) in [6, 6.07) is 13.6. The third-order valence-corrected chi connectivity index (χ3v) is 5.60. The number of thioether (sulfide) groups is 1. The normalized spacial score (nSPS) is 10.8. The molecule has 168 valence electrons. The van der Waals surface area contributed by atoms with Crippen LogP contribution in [0.1, 0.15) is 23.7 Å². The van der Waals surface area contributed by atoms with Crippen LogP contribution in [0.2, 0.25) is 0 Å². The van der Waals surface area contributed by atoms with Gasteiger partial charge in [-0.2, -0.15) is 0 Å². The molecule has 32 heavy (non-hydrogen) atoms. The van der Waals surface area contributed by atoms with Gasteiger partial charge in [0.15, 0.2) is 5.16 Å². The fraction of sp³-hybridized carbons (Fsp3) is 0.304. The Labute approximate surface area is 189 Å². The van der Waals surface area contributed by atoms with Gasteiger partial charge in [-0.25, -0.2) is 9.78 Å². The molecule has 0 aliphatic heterocycles. The molecule has 8 nitrogen and oxygen atoms in total. The van der Waals surface area contributed by atoms with E-state index in [-0.39, 0.29) is 17.2 Å². The van der Waals surface area contributed by atoms with Crippen LogP contribution in [-0.4, -0.2) is 47.5 Å². The number of benzene rings is 2. The molecule has 0 bridgehead atoms. The monoisotopic (exact) mass is 455 g/mol. The molecule has 3 aromatic rings. The highest BCUT2D eigenvalue weighted by molar-refractivity contribution is 7.99. The average Bonchev–Trinajstić information content (AvgIpc) is 2.81. The van der Waals surface area contributed by atoms with Crippen LogP contribution in [0.3, 0.4) is 0 Å². The molecule has 2 aromatic carbocycles. The Bertz CT molecular complexity index is 1140. The third kappa shape index (κ3) is 5.95. The van der Waals surface area contributed by atoms with Gasteiger partial charge in [-0.15, -0.1) is 0 Å². The summed E-state index contributed by atoms with van der Waals surface area (Å²) in [6.45, 7) is 3.54. The number of nitrogens with zero attached hydrogens (tertiary/aromatic N) is 2. The van der Waals surface area contributed by atoms with Crippen LogP contribution in [0.4, 0.5) is 5.69 Å². The number of carbonyl (C=O) groups is 2. The first-order valence-corrected chi connectivity index (χ1v) is 11.2. The summed E-state index contributed by atoms with van der Waals surface area (Å²) in [5, 5.41) is 3.81. The van der Waals surface area contributed by atoms with Gasteiger partial charge in [-0.1, -0.05) is 23.9 Å². The Hall–Kier alpha value is -3.17. The molecule has 9 heteroatoms. The topological polar surface area (TPSA) is 99.5 Å². The van der Waals surface area contributed by atoms with Crippen LogP contribution < -0.4 is 10.9 Å². The first-order valence-electron chi connectivity index (χ1n) is 10.2. The molecule has 1 heterocycles. The van der Waals surface area contributed by atoms with Crippen LogP contribution in [0.5, 0.6) is 0 Å². The van der Waals surface area contributed by atoms with Crippen molar-refractivity contribution < 1.29 is 19.1 Å². The zero-order valence-corrected chi connectivity index (χ0v) is 18.8. The van der Waals surface area contributed by atoms with Gasteiger partial charge in [0.2, 0.25) is 5.91 Å². The molecule has 0 spiro atoms. The number of amides is 1. The number of aromatic nitrogens is 2. The quantitative estimate of drug-likeness (QED) is 0.217. The van der Waals surface area contributed by atoms with E-state index in [0.29, 0.717) is 53.5 Å². The van der Waals surface area contributed by atoms with Crippen molar-refractivity contribution in [3.63, 3.8) is 0 Å². The molecule has 0 saturated heterocycles. The summed E-state index contributed by atoms with van der Waals surface area (Å²) in [7, 11) is 1.31. The predicted octanol–water partition coefficient (Wildman–Crippen LogP) is 3.34. The number of anilines is 1. The maximum absolute atomic E-state index is 13.0. The number of hydrogen-bond donors (Lipinski definition) is 1. The fourth-order valence-corrected chi connectivity index (χ4v) is 3.88. The summed E-state index contributed by atoms with van der Waals surface area (Å²) >= 11 is 1.20. The number of fused-ring (bicyclic) bond motifs is 1. The Balaban J connectivity index is 1.71. The lowest BCUT2D eigenvalue weighted by Gasteiger charge is -2.13. The lowest BCUT2D eigenvalue weighted by Crippen LogP contribution is -2.25. The SMILES string of the molecule is CCOCCCn1c(SCC(=O)Nc2ccc(C(=O)OC)cc2)nc2ccccc2c1=O. The molecule has 0 aliphatic rings. The van der Waals surface area contributed by atoms with Crippen LogP contribution in [0, 0.1) is 0 Å². The van der Waals surface area contributed by atoms with Crippen molar-refractivity contribution in [2.24, 2.45) is 0 Å². The van der Waals surface area contributed by atoms with Gasteiger partial charge in [0, 0.05) is 25.4 Å². The summed E-state index contributed by atoms with van der Waals surface area (Å²) in [4.78, 5) is 41.6. The number of hydrogen-bond acceptors (Lipinski definition) is 7. The van der Waals surface area contributed by atoms with E-state index in [9.17, 15) is 14.4 Å². The smallest absolute Gasteiger partial charge is 0.337 e. The molecule has 1 aromatic heterocycles. The number of carbonyl (C=O) groups excluding carboxylic acids is 2. The Morgan fingerprint density at radius 1 is 1.12 bits per heavy atom. The zero-order chi connectivity index (χ0) is 22.9. The van der Waals surface area contributed by atoms with E-state index in [0.717, 1.165) is 0 Å². The van der Waals surface area contributed by atoms with E-state index >= 15 is 0 Å². The first kappa shape index (κ1) is 23.5. The van der Waals surface area contributed by atoms with Crippen molar-refractivity contribution in [3.05, 3.63) is 64.4 Å². The van der Waals surface area contributed by atoms with Crippen LogP contribution in [-0.2, 0) is 20.8 Å². The number of methoxy groups -OCH3 is 1. The van der Waals surface area contributed by atoms with Crippen molar-refractivity contribution in [2.45, 2.75) is 25.0 Å². The van der Waals surface area contributed by atoms with Crippen molar-refractivity contribution >= 4 is 40.2 Å². The van der Waals surface area contributed by atoms with E-state index in [2.05, 4.69) is 15.0 Å². The summed E-state index contributed by atoms with van der Waals surface area (Å²) in [5.41, 5.74) is 1.42. The van der Waals surface area contributed by atoms with E-state index in [1.54, 1.807) is 41.0 Å². The van der Waals surface area contributed by atoms with Crippen LogP contribution in [0.25, 0.3) is 10.9 Å². The second-order valence-corrected chi connectivity index (χ2v) is 7.77. The number of ether oxygens (including phenoxy) is 2. The van der Waals surface area contributed by atoms with Crippen molar-refractivity contribution in [1.82, 2.24) is 9.55 Å². The third-order valence-electron chi connectivity index (χ3n) is 4.62. The molecule has 0 fully saturated rings. The van der Waals surface area contributed by atoms with Crippen molar-refractivity contribution in [2.75, 3.05) is 31.4 Å². The molecule has 0 aliphatic carbocycles. The summed E-state index contributed by atoms with van der Waals surface area (Å²) in [5.74, 6) is -0.609. The van der Waals surface area contributed by atoms with E-state index in [1.165, 1.54) is 18.9 Å². The molecular formula is C23H25N3O5S. The van der Waals surface area contributed by atoms with Gasteiger partial charge in [0.1, 0.15) is 0 Å². The lowest BCUT2D eigenvalue weighted by molar-refractivity contribution is -0.113. The lowest BCUT2D eigenvalue weighted by atomic mass is 10.2. The minimum atomic E-state index is -0.442. The second-order valence-electron chi connectivity index (χ2n) is 6.82. The number of esters is 1. The minimum absolute atomic E-state index is 0.0784. The molecule has 0 atom stereocenters. The largest absolute Gasteiger partial charge is 0.465 e. The molecular weight excluding hydrogens is 430 g/mol. The highest BCUT2D eigenvalue weighted by Crippen LogP contribution is 2.19. The predicted molar refractivity (Wildman–Crippen MR) is 124 cm³/mol. The molecule has 3 rings (SSSR count). The molecule has 0 unspecified atom stereocenters. The summed E-state index contributed by atoms with van der Waals surface area (Å²) < 4.78 is 11.6. The van der Waals surface area contributed by atoms with Gasteiger partial charge in [-0.05, 0) is 49.7 Å². The number of rotatable bonds is 10. The average molecular weight is 456 g/mol. The van der Waals surface area contributed by atoms with Crippen LogP contribution >= 0.6 is 11.8 Å². The zero-order valence-electron chi connectivity index (χ0n) is 18.0. The van der Waals surface area contributed by atoms with E-state index < -0.39 is 5.97 Å². The first-order chi connectivity index (χ1) is 15.5. The number of nitrogens with one attached hydrogen (secondary N) is 1. The minimum Gasteiger partial charge on any atom is -0.465 e. The van der Waals surface area contributed by atoms with E-state index in [4.69, 9.17) is 4.74 Å². The maximum atomic E-state index is 13.0. The Morgan fingerprint density at radius 3 is 2.59 bits per heavy atom. The van der Waals surface area contributed by atoms with Gasteiger partial charge >= 0.3 is 5.97 Å².